The van der Waals surface area contributed by atoms with Gasteiger partial charge in [0.25, 0.3) is 0 Å². The minimum Gasteiger partial charge on any atom is -0.306 e. The minimum atomic E-state index is 0.559. The first-order chi connectivity index (χ1) is 8.81. The Morgan fingerprint density at radius 1 is 1.28 bits per heavy atom. The van der Waals surface area contributed by atoms with Crippen molar-refractivity contribution in [2.45, 2.75) is 70.9 Å². The molecule has 1 heterocycles. The van der Waals surface area contributed by atoms with Gasteiger partial charge in [-0.15, -0.1) is 11.3 Å². The quantitative estimate of drug-likeness (QED) is 0.726. The fraction of sp³-hybridized carbons (Fsp3) is 0.750. The molecule has 2 heteroatoms. The third-order valence-corrected chi connectivity index (χ3v) is 5.35. The molecule has 1 aliphatic rings. The van der Waals surface area contributed by atoms with Crippen LogP contribution < -0.4 is 5.32 Å². The van der Waals surface area contributed by atoms with E-state index in [4.69, 9.17) is 0 Å². The molecule has 0 radical (unpaired) electrons. The molecule has 102 valence electrons. The SMILES string of the molecule is CCC(N[C@@H](C)C1CCCCCC1)c1cccs1. The average molecular weight is 265 g/mol. The number of thiophene rings is 1. The smallest absolute Gasteiger partial charge is 0.0414 e. The lowest BCUT2D eigenvalue weighted by molar-refractivity contribution is 0.308. The van der Waals surface area contributed by atoms with E-state index < -0.39 is 0 Å². The minimum absolute atomic E-state index is 0.559. The van der Waals surface area contributed by atoms with Gasteiger partial charge in [-0.05, 0) is 43.6 Å². The van der Waals surface area contributed by atoms with Gasteiger partial charge in [0.15, 0.2) is 0 Å². The first-order valence-electron chi connectivity index (χ1n) is 7.60. The largest absolute Gasteiger partial charge is 0.306 e. The maximum Gasteiger partial charge on any atom is 0.0414 e. The summed E-state index contributed by atoms with van der Waals surface area (Å²) in [6.07, 6.45) is 9.82. The second-order valence-corrected chi connectivity index (χ2v) is 6.66. The van der Waals surface area contributed by atoms with Gasteiger partial charge in [0.1, 0.15) is 0 Å². The molecular weight excluding hydrogens is 238 g/mol. The lowest BCUT2D eigenvalue weighted by atomic mass is 9.92. The molecule has 0 aliphatic heterocycles. The molecule has 2 rings (SSSR count). The van der Waals surface area contributed by atoms with Gasteiger partial charge in [0.05, 0.1) is 0 Å². The second kappa shape index (κ2) is 7.30. The van der Waals surface area contributed by atoms with E-state index in [0.29, 0.717) is 12.1 Å². The Bertz CT molecular complexity index is 312. The van der Waals surface area contributed by atoms with Gasteiger partial charge in [0.2, 0.25) is 0 Å². The fourth-order valence-electron chi connectivity index (χ4n) is 3.16. The van der Waals surface area contributed by atoms with Crippen LogP contribution >= 0.6 is 11.3 Å². The van der Waals surface area contributed by atoms with Crippen molar-refractivity contribution in [1.82, 2.24) is 5.32 Å². The predicted octanol–water partition coefficient (Wildman–Crippen LogP) is 5.15. The molecule has 1 fully saturated rings. The molecule has 0 aromatic carbocycles. The van der Waals surface area contributed by atoms with Gasteiger partial charge in [-0.25, -0.2) is 0 Å². The van der Waals surface area contributed by atoms with E-state index in [9.17, 15) is 0 Å². The number of hydrogen-bond acceptors (Lipinski definition) is 2. The van der Waals surface area contributed by atoms with Crippen LogP contribution in [0.1, 0.15) is 69.7 Å². The van der Waals surface area contributed by atoms with E-state index in [-0.39, 0.29) is 0 Å². The molecule has 0 saturated heterocycles. The van der Waals surface area contributed by atoms with Crippen LogP contribution in [0.3, 0.4) is 0 Å². The Morgan fingerprint density at radius 2 is 2.00 bits per heavy atom. The summed E-state index contributed by atoms with van der Waals surface area (Å²) in [5.74, 6) is 0.890. The second-order valence-electron chi connectivity index (χ2n) is 5.68. The summed E-state index contributed by atoms with van der Waals surface area (Å²) in [7, 11) is 0. The van der Waals surface area contributed by atoms with Crippen molar-refractivity contribution in [2.24, 2.45) is 5.92 Å². The van der Waals surface area contributed by atoms with E-state index in [2.05, 4.69) is 36.7 Å². The molecule has 18 heavy (non-hydrogen) atoms. The van der Waals surface area contributed by atoms with Crippen molar-refractivity contribution in [1.29, 1.82) is 0 Å². The van der Waals surface area contributed by atoms with Crippen LogP contribution in [0.2, 0.25) is 0 Å². The zero-order chi connectivity index (χ0) is 12.8. The van der Waals surface area contributed by atoms with Gasteiger partial charge < -0.3 is 5.32 Å². The zero-order valence-electron chi connectivity index (χ0n) is 11.8. The van der Waals surface area contributed by atoms with Gasteiger partial charge >= 0.3 is 0 Å². The first kappa shape index (κ1) is 14.1. The number of rotatable bonds is 5. The Hall–Kier alpha value is -0.340. The van der Waals surface area contributed by atoms with Gasteiger partial charge in [0, 0.05) is 17.0 Å². The molecule has 1 N–H and O–H groups in total. The molecule has 1 aliphatic carbocycles. The molecule has 1 unspecified atom stereocenters. The Balaban J connectivity index is 1.90. The van der Waals surface area contributed by atoms with Gasteiger partial charge in [-0.1, -0.05) is 38.7 Å². The zero-order valence-corrected chi connectivity index (χ0v) is 12.6. The third-order valence-electron chi connectivity index (χ3n) is 4.37. The molecule has 1 saturated carbocycles. The highest BCUT2D eigenvalue weighted by atomic mass is 32.1. The fourth-order valence-corrected chi connectivity index (χ4v) is 4.03. The van der Waals surface area contributed by atoms with Crippen molar-refractivity contribution < 1.29 is 0 Å². The topological polar surface area (TPSA) is 12.0 Å². The molecule has 1 aromatic heterocycles. The van der Waals surface area contributed by atoms with Crippen LogP contribution in [0, 0.1) is 5.92 Å². The van der Waals surface area contributed by atoms with Crippen LogP contribution in [0.25, 0.3) is 0 Å². The van der Waals surface area contributed by atoms with Crippen molar-refractivity contribution in [3.05, 3.63) is 22.4 Å². The maximum absolute atomic E-state index is 3.88. The van der Waals surface area contributed by atoms with E-state index in [0.717, 1.165) is 5.92 Å². The molecule has 1 aromatic rings. The number of nitrogens with one attached hydrogen (secondary N) is 1. The summed E-state index contributed by atoms with van der Waals surface area (Å²) in [6.45, 7) is 4.68. The molecule has 0 spiro atoms. The Morgan fingerprint density at radius 3 is 2.56 bits per heavy atom. The van der Waals surface area contributed by atoms with Crippen LogP contribution in [-0.2, 0) is 0 Å². The van der Waals surface area contributed by atoms with Crippen molar-refractivity contribution in [2.75, 3.05) is 0 Å². The summed E-state index contributed by atoms with van der Waals surface area (Å²) < 4.78 is 0. The molecule has 0 amide bonds. The van der Waals surface area contributed by atoms with Crippen LogP contribution in [0.5, 0.6) is 0 Å². The standard InChI is InChI=1S/C16H27NS/c1-3-15(16-11-8-12-18-16)17-13(2)14-9-6-4-5-7-10-14/h8,11-15,17H,3-7,9-10H2,1-2H3/t13-,15?/m0/s1. The summed E-state index contributed by atoms with van der Waals surface area (Å²) >= 11 is 1.89. The monoisotopic (exact) mass is 265 g/mol. The lowest BCUT2D eigenvalue weighted by Crippen LogP contribution is -2.35. The predicted molar refractivity (Wildman–Crippen MR) is 81.1 cm³/mol. The highest BCUT2D eigenvalue weighted by Crippen LogP contribution is 2.28. The average Bonchev–Trinajstić information content (AvgIpc) is 2.77. The molecule has 0 bridgehead atoms. The van der Waals surface area contributed by atoms with Crippen LogP contribution in [0.15, 0.2) is 17.5 Å². The normalized spacial score (nSPS) is 21.4. The summed E-state index contributed by atoms with van der Waals surface area (Å²) in [5.41, 5.74) is 0. The molecular formula is C16H27NS. The van der Waals surface area contributed by atoms with Gasteiger partial charge in [-0.2, -0.15) is 0 Å². The third kappa shape index (κ3) is 3.83. The van der Waals surface area contributed by atoms with Crippen LogP contribution in [-0.4, -0.2) is 6.04 Å². The lowest BCUT2D eigenvalue weighted by Gasteiger charge is -2.28. The number of hydrogen-bond donors (Lipinski definition) is 1. The van der Waals surface area contributed by atoms with Crippen LogP contribution in [0.4, 0.5) is 0 Å². The summed E-state index contributed by atoms with van der Waals surface area (Å²) in [4.78, 5) is 1.50. The Kier molecular flexibility index (Phi) is 5.71. The maximum atomic E-state index is 3.88. The van der Waals surface area contributed by atoms with E-state index in [1.54, 1.807) is 0 Å². The highest BCUT2D eigenvalue weighted by molar-refractivity contribution is 7.10. The molecule has 2 atom stereocenters. The van der Waals surface area contributed by atoms with Crippen molar-refractivity contribution in [3.8, 4) is 0 Å². The summed E-state index contributed by atoms with van der Waals surface area (Å²) in [6, 6.07) is 5.66. The van der Waals surface area contributed by atoms with E-state index in [1.807, 2.05) is 11.3 Å². The van der Waals surface area contributed by atoms with Crippen molar-refractivity contribution >= 4 is 11.3 Å². The first-order valence-corrected chi connectivity index (χ1v) is 8.48. The van der Waals surface area contributed by atoms with E-state index in [1.165, 1.54) is 49.8 Å². The summed E-state index contributed by atoms with van der Waals surface area (Å²) in [5, 5.41) is 6.07. The highest BCUT2D eigenvalue weighted by Gasteiger charge is 2.21. The molecule has 1 nitrogen and oxygen atoms in total. The Labute approximate surface area is 116 Å². The van der Waals surface area contributed by atoms with E-state index >= 15 is 0 Å². The van der Waals surface area contributed by atoms with Gasteiger partial charge in [-0.3, -0.25) is 0 Å². The van der Waals surface area contributed by atoms with Crippen molar-refractivity contribution in [3.63, 3.8) is 0 Å².